The SMILES string of the molecule is COc1cc(NC(=O)C2CCC(CC3CCCc4c(Br)ccc(Cl)c4C3=O)CC2)ccc1C. The van der Waals surface area contributed by atoms with Crippen LogP contribution in [0.15, 0.2) is 34.8 Å². The zero-order chi connectivity index (χ0) is 23.5. The van der Waals surface area contributed by atoms with Crippen LogP contribution in [0.3, 0.4) is 0 Å². The highest BCUT2D eigenvalue weighted by Gasteiger charge is 2.33. The summed E-state index contributed by atoms with van der Waals surface area (Å²) < 4.78 is 6.34. The van der Waals surface area contributed by atoms with Gasteiger partial charge in [0.2, 0.25) is 5.91 Å². The summed E-state index contributed by atoms with van der Waals surface area (Å²) in [5.41, 5.74) is 3.59. The Morgan fingerprint density at radius 1 is 1.15 bits per heavy atom. The standard InChI is InChI=1S/C27H31BrClNO3/c1-16-6-11-20(15-24(16)33-2)30-27(32)18-9-7-17(8-10-18)14-19-4-3-5-21-22(28)12-13-23(29)25(21)26(19)31/h6,11-13,15,17-19H,3-5,7-10,14H2,1-2H3,(H,30,32). The molecule has 0 aromatic heterocycles. The van der Waals surface area contributed by atoms with Gasteiger partial charge in [-0.15, -0.1) is 0 Å². The van der Waals surface area contributed by atoms with Crippen LogP contribution in [0.5, 0.6) is 5.75 Å². The third-order valence-electron chi connectivity index (χ3n) is 7.31. The number of Topliss-reactive ketones (excluding diaryl/α,β-unsaturated/α-hetero) is 1. The molecule has 1 fully saturated rings. The number of hydrogen-bond acceptors (Lipinski definition) is 3. The molecular formula is C27H31BrClNO3. The Morgan fingerprint density at radius 3 is 2.64 bits per heavy atom. The summed E-state index contributed by atoms with van der Waals surface area (Å²) in [6.07, 6.45) is 7.38. The Hall–Kier alpha value is -1.85. The zero-order valence-electron chi connectivity index (χ0n) is 19.3. The van der Waals surface area contributed by atoms with Crippen LogP contribution in [0.2, 0.25) is 5.02 Å². The van der Waals surface area contributed by atoms with Gasteiger partial charge in [0.05, 0.1) is 12.1 Å². The number of fused-ring (bicyclic) bond motifs is 1. The molecule has 1 amide bonds. The van der Waals surface area contributed by atoms with Crippen molar-refractivity contribution in [1.29, 1.82) is 0 Å². The number of nitrogens with one attached hydrogen (secondary N) is 1. The van der Waals surface area contributed by atoms with Crippen LogP contribution < -0.4 is 10.1 Å². The van der Waals surface area contributed by atoms with Crippen molar-refractivity contribution in [1.82, 2.24) is 0 Å². The molecule has 0 aliphatic heterocycles. The molecule has 2 aromatic rings. The summed E-state index contributed by atoms with van der Waals surface area (Å²) in [5.74, 6) is 1.57. The zero-order valence-corrected chi connectivity index (χ0v) is 21.6. The molecule has 0 spiro atoms. The summed E-state index contributed by atoms with van der Waals surface area (Å²) in [6.45, 7) is 1.98. The van der Waals surface area contributed by atoms with Gasteiger partial charge < -0.3 is 10.1 Å². The van der Waals surface area contributed by atoms with E-state index in [0.717, 1.165) is 84.0 Å². The molecule has 0 bridgehead atoms. The molecule has 1 saturated carbocycles. The number of benzene rings is 2. The number of halogens is 2. The van der Waals surface area contributed by atoms with Gasteiger partial charge in [-0.05, 0) is 93.5 Å². The van der Waals surface area contributed by atoms with Crippen LogP contribution >= 0.6 is 27.5 Å². The number of carbonyl (C=O) groups is 2. The molecule has 4 nitrogen and oxygen atoms in total. The minimum Gasteiger partial charge on any atom is -0.496 e. The third-order valence-corrected chi connectivity index (χ3v) is 8.37. The van der Waals surface area contributed by atoms with Gasteiger partial charge in [0.25, 0.3) is 0 Å². The number of rotatable bonds is 5. The van der Waals surface area contributed by atoms with Crippen molar-refractivity contribution in [2.24, 2.45) is 17.8 Å². The maximum Gasteiger partial charge on any atom is 0.227 e. The van der Waals surface area contributed by atoms with E-state index in [-0.39, 0.29) is 23.5 Å². The average Bonchev–Trinajstić information content (AvgIpc) is 2.98. The quantitative estimate of drug-likeness (QED) is 0.408. The van der Waals surface area contributed by atoms with Gasteiger partial charge in [0.1, 0.15) is 5.75 Å². The molecule has 2 aromatic carbocycles. The maximum atomic E-state index is 13.4. The first kappa shape index (κ1) is 24.3. The molecule has 0 radical (unpaired) electrons. The first-order chi connectivity index (χ1) is 15.9. The number of ether oxygens (including phenoxy) is 1. The predicted octanol–water partition coefficient (Wildman–Crippen LogP) is 7.39. The van der Waals surface area contributed by atoms with E-state index in [1.165, 1.54) is 0 Å². The smallest absolute Gasteiger partial charge is 0.227 e. The molecule has 4 rings (SSSR count). The van der Waals surface area contributed by atoms with Crippen LogP contribution in [0, 0.1) is 24.7 Å². The van der Waals surface area contributed by atoms with Gasteiger partial charge >= 0.3 is 0 Å². The largest absolute Gasteiger partial charge is 0.496 e. The molecule has 2 aliphatic carbocycles. The summed E-state index contributed by atoms with van der Waals surface area (Å²) in [6, 6.07) is 9.50. The van der Waals surface area contributed by atoms with Crippen LogP contribution in [0.25, 0.3) is 0 Å². The van der Waals surface area contributed by atoms with E-state index in [1.807, 2.05) is 37.3 Å². The van der Waals surface area contributed by atoms with Gasteiger partial charge in [0, 0.05) is 33.6 Å². The van der Waals surface area contributed by atoms with Crippen molar-refractivity contribution in [3.8, 4) is 5.75 Å². The molecule has 1 unspecified atom stereocenters. The van der Waals surface area contributed by atoms with Crippen LogP contribution in [-0.2, 0) is 11.2 Å². The van der Waals surface area contributed by atoms with Crippen molar-refractivity contribution in [2.75, 3.05) is 12.4 Å². The average molecular weight is 533 g/mol. The Labute approximate surface area is 209 Å². The van der Waals surface area contributed by atoms with Crippen molar-refractivity contribution >= 4 is 44.9 Å². The molecule has 1 N–H and O–H groups in total. The number of methoxy groups -OCH3 is 1. The van der Waals surface area contributed by atoms with Crippen LogP contribution in [0.4, 0.5) is 5.69 Å². The lowest BCUT2D eigenvalue weighted by atomic mass is 9.76. The van der Waals surface area contributed by atoms with E-state index in [1.54, 1.807) is 7.11 Å². The topological polar surface area (TPSA) is 55.4 Å². The Bertz CT molecular complexity index is 1050. The fourth-order valence-electron chi connectivity index (χ4n) is 5.39. The molecule has 176 valence electrons. The molecular weight excluding hydrogens is 502 g/mol. The lowest BCUT2D eigenvalue weighted by Crippen LogP contribution is -2.28. The van der Waals surface area contributed by atoms with Crippen molar-refractivity contribution < 1.29 is 14.3 Å². The summed E-state index contributed by atoms with van der Waals surface area (Å²) in [7, 11) is 1.64. The monoisotopic (exact) mass is 531 g/mol. The second-order valence-electron chi connectivity index (χ2n) is 9.46. The molecule has 6 heteroatoms. The third kappa shape index (κ3) is 5.46. The van der Waals surface area contributed by atoms with Crippen molar-refractivity contribution in [3.63, 3.8) is 0 Å². The van der Waals surface area contributed by atoms with Crippen molar-refractivity contribution in [3.05, 3.63) is 56.5 Å². The van der Waals surface area contributed by atoms with Gasteiger partial charge in [-0.2, -0.15) is 0 Å². The number of hydrogen-bond donors (Lipinski definition) is 1. The highest BCUT2D eigenvalue weighted by Crippen LogP contribution is 2.39. The van der Waals surface area contributed by atoms with E-state index >= 15 is 0 Å². The predicted molar refractivity (Wildman–Crippen MR) is 136 cm³/mol. The van der Waals surface area contributed by atoms with Crippen LogP contribution in [-0.4, -0.2) is 18.8 Å². The Balaban J connectivity index is 1.34. The van der Waals surface area contributed by atoms with E-state index < -0.39 is 0 Å². The maximum absolute atomic E-state index is 13.4. The Kier molecular flexibility index (Phi) is 7.80. The molecule has 0 heterocycles. The normalized spacial score (nSPS) is 22.9. The Morgan fingerprint density at radius 2 is 1.91 bits per heavy atom. The van der Waals surface area contributed by atoms with Crippen molar-refractivity contribution in [2.45, 2.75) is 58.3 Å². The summed E-state index contributed by atoms with van der Waals surface area (Å²) >= 11 is 10.0. The minimum absolute atomic E-state index is 0.0181. The fraction of sp³-hybridized carbons (Fsp3) is 0.481. The van der Waals surface area contributed by atoms with Gasteiger partial charge in [-0.3, -0.25) is 9.59 Å². The minimum atomic E-state index is 0.0181. The molecule has 0 saturated heterocycles. The highest BCUT2D eigenvalue weighted by atomic mass is 79.9. The van der Waals surface area contributed by atoms with E-state index in [9.17, 15) is 9.59 Å². The first-order valence-electron chi connectivity index (χ1n) is 11.8. The van der Waals surface area contributed by atoms with E-state index in [2.05, 4.69) is 21.2 Å². The second-order valence-corrected chi connectivity index (χ2v) is 10.7. The first-order valence-corrected chi connectivity index (χ1v) is 13.0. The van der Waals surface area contributed by atoms with E-state index in [0.29, 0.717) is 10.9 Å². The van der Waals surface area contributed by atoms with Gasteiger partial charge in [0.15, 0.2) is 5.78 Å². The van der Waals surface area contributed by atoms with Gasteiger partial charge in [-0.25, -0.2) is 0 Å². The molecule has 1 atom stereocenters. The number of anilines is 1. The number of aryl methyl sites for hydroxylation is 1. The lowest BCUT2D eigenvalue weighted by Gasteiger charge is -2.30. The second kappa shape index (κ2) is 10.6. The molecule has 2 aliphatic rings. The summed E-state index contributed by atoms with van der Waals surface area (Å²) in [4.78, 5) is 26.2. The van der Waals surface area contributed by atoms with E-state index in [4.69, 9.17) is 16.3 Å². The number of carbonyl (C=O) groups excluding carboxylic acids is 2. The fourth-order valence-corrected chi connectivity index (χ4v) is 6.19. The van der Waals surface area contributed by atoms with Crippen LogP contribution in [0.1, 0.15) is 66.4 Å². The van der Waals surface area contributed by atoms with Gasteiger partial charge in [-0.1, -0.05) is 33.6 Å². The lowest BCUT2D eigenvalue weighted by molar-refractivity contribution is -0.121. The highest BCUT2D eigenvalue weighted by molar-refractivity contribution is 9.10. The molecule has 33 heavy (non-hydrogen) atoms. The summed E-state index contributed by atoms with van der Waals surface area (Å²) in [5, 5.41) is 3.62. The number of ketones is 1. The number of amides is 1.